The third-order valence-electron chi connectivity index (χ3n) is 3.26. The van der Waals surface area contributed by atoms with Gasteiger partial charge in [-0.25, -0.2) is 13.1 Å². The van der Waals surface area contributed by atoms with E-state index in [1.54, 1.807) is 6.92 Å². The minimum atomic E-state index is -4.14. The zero-order valence-corrected chi connectivity index (χ0v) is 12.3. The second kappa shape index (κ2) is 6.27. The molecule has 1 N–H and O–H groups in total. The summed E-state index contributed by atoms with van der Waals surface area (Å²) < 4.78 is 40.1. The molecule has 6 nitrogen and oxygen atoms in total. The van der Waals surface area contributed by atoms with Gasteiger partial charge in [-0.3, -0.25) is 10.1 Å². The Morgan fingerprint density at radius 1 is 1.40 bits per heavy atom. The second-order valence-electron chi connectivity index (χ2n) is 4.64. The van der Waals surface area contributed by atoms with Crippen LogP contribution in [0.3, 0.4) is 0 Å². The van der Waals surface area contributed by atoms with E-state index in [2.05, 4.69) is 4.72 Å². The van der Waals surface area contributed by atoms with Crippen LogP contribution in [0.2, 0.25) is 0 Å². The third kappa shape index (κ3) is 3.51. The molecule has 0 aliphatic carbocycles. The van der Waals surface area contributed by atoms with Gasteiger partial charge in [0, 0.05) is 6.04 Å². The standard InChI is InChI=1S/C12H17FN2O4S/c1-4-8(2)9(3)14-20(18,19)11-7-5-6-10(13)12(11)15(16)17/h5-9,14H,4H2,1-3H3. The van der Waals surface area contributed by atoms with Gasteiger partial charge in [-0.15, -0.1) is 0 Å². The van der Waals surface area contributed by atoms with E-state index < -0.39 is 37.4 Å². The molecule has 20 heavy (non-hydrogen) atoms. The van der Waals surface area contributed by atoms with Crippen LogP contribution in [0.25, 0.3) is 0 Å². The molecule has 8 heteroatoms. The van der Waals surface area contributed by atoms with Crippen molar-refractivity contribution in [2.75, 3.05) is 0 Å². The average molecular weight is 304 g/mol. The molecule has 0 saturated carbocycles. The largest absolute Gasteiger partial charge is 0.324 e. The van der Waals surface area contributed by atoms with E-state index in [0.717, 1.165) is 24.6 Å². The maximum Gasteiger partial charge on any atom is 0.324 e. The predicted octanol–water partition coefficient (Wildman–Crippen LogP) is 2.45. The van der Waals surface area contributed by atoms with Gasteiger partial charge in [-0.05, 0) is 25.0 Å². The molecule has 0 saturated heterocycles. The Morgan fingerprint density at radius 3 is 2.50 bits per heavy atom. The number of benzene rings is 1. The summed E-state index contributed by atoms with van der Waals surface area (Å²) in [7, 11) is -4.14. The Bertz CT molecular complexity index is 603. The number of para-hydroxylation sites is 1. The third-order valence-corrected chi connectivity index (χ3v) is 4.85. The normalized spacial score (nSPS) is 14.8. The summed E-state index contributed by atoms with van der Waals surface area (Å²) in [5, 5.41) is 10.8. The summed E-state index contributed by atoms with van der Waals surface area (Å²) in [6, 6.07) is 2.60. The van der Waals surface area contributed by atoms with Crippen LogP contribution in [0, 0.1) is 21.8 Å². The quantitative estimate of drug-likeness (QED) is 0.645. The van der Waals surface area contributed by atoms with E-state index in [1.165, 1.54) is 0 Å². The molecule has 2 atom stereocenters. The van der Waals surface area contributed by atoms with E-state index in [9.17, 15) is 22.9 Å². The van der Waals surface area contributed by atoms with Crippen molar-refractivity contribution in [1.29, 1.82) is 0 Å². The van der Waals surface area contributed by atoms with Crippen LogP contribution < -0.4 is 4.72 Å². The molecule has 0 aliphatic heterocycles. The SMILES string of the molecule is CCC(C)C(C)NS(=O)(=O)c1cccc(F)c1[N+](=O)[O-]. The molecule has 1 aromatic rings. The van der Waals surface area contributed by atoms with E-state index >= 15 is 0 Å². The van der Waals surface area contributed by atoms with Gasteiger partial charge in [0.2, 0.25) is 15.8 Å². The highest BCUT2D eigenvalue weighted by molar-refractivity contribution is 7.89. The minimum absolute atomic E-state index is 0.0531. The molecule has 1 aromatic carbocycles. The molecular formula is C12H17FN2O4S. The van der Waals surface area contributed by atoms with E-state index in [0.29, 0.717) is 0 Å². The fourth-order valence-corrected chi connectivity index (χ4v) is 3.20. The monoisotopic (exact) mass is 304 g/mol. The Hall–Kier alpha value is -1.54. The summed E-state index contributed by atoms with van der Waals surface area (Å²) in [6.45, 7) is 5.42. The first kappa shape index (κ1) is 16.5. The maximum atomic E-state index is 13.5. The Balaban J connectivity index is 3.23. The molecule has 0 radical (unpaired) electrons. The van der Waals surface area contributed by atoms with Crippen LogP contribution >= 0.6 is 0 Å². The summed E-state index contributed by atoms with van der Waals surface area (Å²) in [5.41, 5.74) is -1.03. The highest BCUT2D eigenvalue weighted by Crippen LogP contribution is 2.27. The summed E-state index contributed by atoms with van der Waals surface area (Å²) in [6.07, 6.45) is 0.745. The Kier molecular flexibility index (Phi) is 5.18. The average Bonchev–Trinajstić information content (AvgIpc) is 2.36. The van der Waals surface area contributed by atoms with E-state index in [4.69, 9.17) is 0 Å². The molecule has 0 amide bonds. The van der Waals surface area contributed by atoms with Gasteiger partial charge in [0.1, 0.15) is 0 Å². The Morgan fingerprint density at radius 2 is 2.00 bits per heavy atom. The summed E-state index contributed by atoms with van der Waals surface area (Å²) in [5.74, 6) is -1.12. The molecular weight excluding hydrogens is 287 g/mol. The number of nitro benzene ring substituents is 1. The number of nitrogens with zero attached hydrogens (tertiary/aromatic N) is 1. The second-order valence-corrected chi connectivity index (χ2v) is 6.32. The molecule has 112 valence electrons. The van der Waals surface area contributed by atoms with Crippen LogP contribution in [0.1, 0.15) is 27.2 Å². The van der Waals surface area contributed by atoms with Crippen molar-refractivity contribution >= 4 is 15.7 Å². The summed E-state index contributed by atoms with van der Waals surface area (Å²) in [4.78, 5) is 9.15. The lowest BCUT2D eigenvalue weighted by Crippen LogP contribution is -2.37. The molecule has 1 rings (SSSR count). The lowest BCUT2D eigenvalue weighted by molar-refractivity contribution is -0.390. The molecule has 0 fully saturated rings. The van der Waals surface area contributed by atoms with Gasteiger partial charge >= 0.3 is 5.69 Å². The van der Waals surface area contributed by atoms with Gasteiger partial charge in [-0.2, -0.15) is 4.39 Å². The van der Waals surface area contributed by atoms with Crippen molar-refractivity contribution in [3.8, 4) is 0 Å². The van der Waals surface area contributed by atoms with Gasteiger partial charge in [0.15, 0.2) is 4.90 Å². The van der Waals surface area contributed by atoms with Crippen LogP contribution in [0.15, 0.2) is 23.1 Å². The topological polar surface area (TPSA) is 89.3 Å². The van der Waals surface area contributed by atoms with Crippen LogP contribution in [-0.4, -0.2) is 19.4 Å². The highest BCUT2D eigenvalue weighted by Gasteiger charge is 2.30. The lowest BCUT2D eigenvalue weighted by atomic mass is 10.0. The number of halogens is 1. The molecule has 2 unspecified atom stereocenters. The van der Waals surface area contributed by atoms with Gasteiger partial charge < -0.3 is 0 Å². The van der Waals surface area contributed by atoms with Crippen molar-refractivity contribution in [3.63, 3.8) is 0 Å². The fraction of sp³-hybridized carbons (Fsp3) is 0.500. The van der Waals surface area contributed by atoms with E-state index in [1.807, 2.05) is 13.8 Å². The molecule has 0 aromatic heterocycles. The molecule has 0 aliphatic rings. The zero-order valence-electron chi connectivity index (χ0n) is 11.5. The maximum absolute atomic E-state index is 13.5. The van der Waals surface area contributed by atoms with Crippen LogP contribution in [0.5, 0.6) is 0 Å². The molecule has 0 heterocycles. The van der Waals surface area contributed by atoms with E-state index in [-0.39, 0.29) is 5.92 Å². The summed E-state index contributed by atoms with van der Waals surface area (Å²) >= 11 is 0. The highest BCUT2D eigenvalue weighted by atomic mass is 32.2. The zero-order chi connectivity index (χ0) is 15.5. The van der Waals surface area contributed by atoms with Crippen molar-refractivity contribution in [1.82, 2.24) is 4.72 Å². The number of sulfonamides is 1. The van der Waals surface area contributed by atoms with Gasteiger partial charge in [-0.1, -0.05) is 26.3 Å². The number of nitrogens with one attached hydrogen (secondary N) is 1. The van der Waals surface area contributed by atoms with Crippen molar-refractivity contribution in [3.05, 3.63) is 34.1 Å². The predicted molar refractivity (Wildman–Crippen MR) is 72.3 cm³/mol. The van der Waals surface area contributed by atoms with Gasteiger partial charge in [0.25, 0.3) is 0 Å². The number of rotatable bonds is 6. The minimum Gasteiger partial charge on any atom is -0.258 e. The van der Waals surface area contributed by atoms with Crippen molar-refractivity contribution in [2.45, 2.75) is 38.1 Å². The lowest BCUT2D eigenvalue weighted by Gasteiger charge is -2.19. The van der Waals surface area contributed by atoms with Crippen molar-refractivity contribution < 1.29 is 17.7 Å². The van der Waals surface area contributed by atoms with Crippen LogP contribution in [-0.2, 0) is 10.0 Å². The fourth-order valence-electron chi connectivity index (χ4n) is 1.67. The number of hydrogen-bond acceptors (Lipinski definition) is 4. The molecule has 0 spiro atoms. The van der Waals surface area contributed by atoms with Crippen molar-refractivity contribution in [2.24, 2.45) is 5.92 Å². The Labute approximate surface area is 117 Å². The van der Waals surface area contributed by atoms with Gasteiger partial charge in [0.05, 0.1) is 4.92 Å². The van der Waals surface area contributed by atoms with Crippen LogP contribution in [0.4, 0.5) is 10.1 Å². The first-order valence-corrected chi connectivity index (χ1v) is 7.64. The smallest absolute Gasteiger partial charge is 0.258 e. The first-order chi connectivity index (χ1) is 9.20. The number of nitro groups is 1. The molecule has 0 bridgehead atoms. The first-order valence-electron chi connectivity index (χ1n) is 6.16. The number of hydrogen-bond donors (Lipinski definition) is 1.